The minimum Gasteiger partial charge on any atom is -0.396 e. The third-order valence-corrected chi connectivity index (χ3v) is 3.41. The summed E-state index contributed by atoms with van der Waals surface area (Å²) < 4.78 is 5.02. The molecule has 1 atom stereocenters. The van der Waals surface area contributed by atoms with Crippen LogP contribution in [0, 0.1) is 5.92 Å². The molecule has 0 aromatic carbocycles. The first-order valence-electron chi connectivity index (χ1n) is 6.65. The van der Waals surface area contributed by atoms with Gasteiger partial charge in [0.15, 0.2) is 0 Å². The summed E-state index contributed by atoms with van der Waals surface area (Å²) in [5, 5.41) is 11.8. The van der Waals surface area contributed by atoms with Gasteiger partial charge in [-0.2, -0.15) is 0 Å². The molecule has 1 fully saturated rings. The van der Waals surface area contributed by atoms with Crippen molar-refractivity contribution in [3.05, 3.63) is 0 Å². The normalized spacial score (nSPS) is 18.9. The van der Waals surface area contributed by atoms with Crippen LogP contribution in [0.25, 0.3) is 0 Å². The van der Waals surface area contributed by atoms with Gasteiger partial charge in [0.1, 0.15) is 0 Å². The van der Waals surface area contributed by atoms with Gasteiger partial charge < -0.3 is 15.2 Å². The van der Waals surface area contributed by atoms with Gasteiger partial charge >= 0.3 is 0 Å². The van der Waals surface area contributed by atoms with Crippen LogP contribution < -0.4 is 5.32 Å². The molecule has 0 heterocycles. The summed E-state index contributed by atoms with van der Waals surface area (Å²) in [4.78, 5) is 11.8. The van der Waals surface area contributed by atoms with Crippen LogP contribution >= 0.6 is 0 Å². The van der Waals surface area contributed by atoms with E-state index < -0.39 is 0 Å². The molecule has 0 aromatic rings. The molecule has 2 N–H and O–H groups in total. The monoisotopic (exact) mass is 243 g/mol. The molecule has 1 rings (SSSR count). The Morgan fingerprint density at radius 1 is 1.41 bits per heavy atom. The molecule has 1 unspecified atom stereocenters. The number of hydrogen-bond acceptors (Lipinski definition) is 3. The van der Waals surface area contributed by atoms with Crippen molar-refractivity contribution < 1.29 is 14.6 Å². The number of aliphatic hydroxyl groups is 1. The average Bonchev–Trinajstić information content (AvgIpc) is 2.30. The lowest BCUT2D eigenvalue weighted by atomic mass is 9.87. The van der Waals surface area contributed by atoms with Crippen molar-refractivity contribution in [2.75, 3.05) is 20.3 Å². The zero-order valence-corrected chi connectivity index (χ0v) is 10.8. The third kappa shape index (κ3) is 6.03. The van der Waals surface area contributed by atoms with Crippen LogP contribution in [0.5, 0.6) is 0 Å². The van der Waals surface area contributed by atoms with Gasteiger partial charge in [0, 0.05) is 20.1 Å². The maximum atomic E-state index is 11.8. The van der Waals surface area contributed by atoms with Crippen molar-refractivity contribution in [3.63, 3.8) is 0 Å². The molecule has 100 valence electrons. The van der Waals surface area contributed by atoms with Gasteiger partial charge in [-0.15, -0.1) is 0 Å². The second-order valence-corrected chi connectivity index (χ2v) is 4.94. The smallest absolute Gasteiger partial charge is 0.220 e. The number of carbonyl (C=O) groups excluding carboxylic acids is 1. The van der Waals surface area contributed by atoms with E-state index in [0.717, 1.165) is 0 Å². The van der Waals surface area contributed by atoms with E-state index in [2.05, 4.69) is 5.32 Å². The highest BCUT2D eigenvalue weighted by atomic mass is 16.5. The molecule has 17 heavy (non-hydrogen) atoms. The molecular formula is C13H25NO3. The molecule has 0 saturated heterocycles. The zero-order chi connectivity index (χ0) is 12.5. The van der Waals surface area contributed by atoms with E-state index in [0.29, 0.717) is 25.4 Å². The minimum atomic E-state index is -0.0545. The highest BCUT2D eigenvalue weighted by Crippen LogP contribution is 2.26. The molecule has 0 aromatic heterocycles. The van der Waals surface area contributed by atoms with Gasteiger partial charge in [0.2, 0.25) is 5.91 Å². The Morgan fingerprint density at radius 2 is 2.12 bits per heavy atom. The lowest BCUT2D eigenvalue weighted by Gasteiger charge is -2.23. The molecule has 0 aliphatic heterocycles. The summed E-state index contributed by atoms with van der Waals surface area (Å²) in [5.41, 5.74) is 0. The van der Waals surface area contributed by atoms with Crippen molar-refractivity contribution in [2.24, 2.45) is 5.92 Å². The number of ether oxygens (including phenoxy) is 1. The Bertz CT molecular complexity index is 209. The summed E-state index contributed by atoms with van der Waals surface area (Å²) >= 11 is 0. The Hall–Kier alpha value is -0.610. The largest absolute Gasteiger partial charge is 0.396 e. The van der Waals surface area contributed by atoms with E-state index in [1.54, 1.807) is 7.11 Å². The highest BCUT2D eigenvalue weighted by molar-refractivity contribution is 5.76. The Balaban J connectivity index is 2.25. The minimum absolute atomic E-state index is 0.0545. The fourth-order valence-corrected chi connectivity index (χ4v) is 2.49. The van der Waals surface area contributed by atoms with E-state index in [4.69, 9.17) is 9.84 Å². The number of aliphatic hydroxyl groups excluding tert-OH is 1. The maximum Gasteiger partial charge on any atom is 0.220 e. The van der Waals surface area contributed by atoms with Gasteiger partial charge in [-0.3, -0.25) is 4.79 Å². The van der Waals surface area contributed by atoms with Crippen molar-refractivity contribution >= 4 is 5.91 Å². The standard InChI is InChI=1S/C13H25NO3/c1-17-10-12(7-8-15)14-13(16)9-11-5-3-2-4-6-11/h11-12,15H,2-10H2,1H3,(H,14,16). The quantitative estimate of drug-likeness (QED) is 0.712. The van der Waals surface area contributed by atoms with Crippen LogP contribution in [-0.2, 0) is 9.53 Å². The van der Waals surface area contributed by atoms with E-state index in [9.17, 15) is 4.79 Å². The second kappa shape index (κ2) is 8.48. The van der Waals surface area contributed by atoms with Gasteiger partial charge in [-0.1, -0.05) is 19.3 Å². The Kier molecular flexibility index (Phi) is 7.21. The maximum absolute atomic E-state index is 11.8. The predicted molar refractivity (Wildman–Crippen MR) is 66.7 cm³/mol. The molecule has 0 radical (unpaired) electrons. The van der Waals surface area contributed by atoms with E-state index in [-0.39, 0.29) is 18.6 Å². The van der Waals surface area contributed by atoms with Gasteiger partial charge in [-0.05, 0) is 25.2 Å². The molecule has 0 bridgehead atoms. The van der Waals surface area contributed by atoms with Crippen LogP contribution in [0.2, 0.25) is 0 Å². The second-order valence-electron chi connectivity index (χ2n) is 4.94. The van der Waals surface area contributed by atoms with Crippen LogP contribution in [0.3, 0.4) is 0 Å². The number of nitrogens with one attached hydrogen (secondary N) is 1. The fourth-order valence-electron chi connectivity index (χ4n) is 2.49. The first-order chi connectivity index (χ1) is 8.26. The van der Waals surface area contributed by atoms with Crippen molar-refractivity contribution in [1.29, 1.82) is 0 Å². The van der Waals surface area contributed by atoms with E-state index in [1.165, 1.54) is 32.1 Å². The SMILES string of the molecule is COCC(CCO)NC(=O)CC1CCCCC1. The van der Waals surface area contributed by atoms with E-state index >= 15 is 0 Å². The highest BCUT2D eigenvalue weighted by Gasteiger charge is 2.18. The molecule has 1 aliphatic rings. The molecular weight excluding hydrogens is 218 g/mol. The van der Waals surface area contributed by atoms with E-state index in [1.807, 2.05) is 0 Å². The lowest BCUT2D eigenvalue weighted by Crippen LogP contribution is -2.39. The Labute approximate surface area is 104 Å². The number of carbonyl (C=O) groups is 1. The average molecular weight is 243 g/mol. The summed E-state index contributed by atoms with van der Waals surface area (Å²) in [5.74, 6) is 0.661. The van der Waals surface area contributed by atoms with Crippen molar-refractivity contribution in [1.82, 2.24) is 5.32 Å². The van der Waals surface area contributed by atoms with Crippen LogP contribution in [0.4, 0.5) is 0 Å². The summed E-state index contributed by atoms with van der Waals surface area (Å²) in [6.45, 7) is 0.550. The third-order valence-electron chi connectivity index (χ3n) is 3.41. The fraction of sp³-hybridized carbons (Fsp3) is 0.923. The first-order valence-corrected chi connectivity index (χ1v) is 6.65. The Morgan fingerprint density at radius 3 is 2.71 bits per heavy atom. The number of hydrogen-bond donors (Lipinski definition) is 2. The number of rotatable bonds is 7. The molecule has 1 aliphatic carbocycles. The van der Waals surface area contributed by atoms with Gasteiger partial charge in [0.25, 0.3) is 0 Å². The zero-order valence-electron chi connectivity index (χ0n) is 10.8. The number of methoxy groups -OCH3 is 1. The summed E-state index contributed by atoms with van der Waals surface area (Å²) in [6, 6.07) is -0.0545. The lowest BCUT2D eigenvalue weighted by molar-refractivity contribution is -0.123. The van der Waals surface area contributed by atoms with Crippen LogP contribution in [0.15, 0.2) is 0 Å². The molecule has 0 spiro atoms. The molecule has 1 amide bonds. The predicted octanol–water partition coefficient (Wildman–Crippen LogP) is 1.47. The van der Waals surface area contributed by atoms with Crippen molar-refractivity contribution in [3.8, 4) is 0 Å². The van der Waals surface area contributed by atoms with Crippen molar-refractivity contribution in [2.45, 2.75) is 51.0 Å². The molecule has 4 nitrogen and oxygen atoms in total. The summed E-state index contributed by atoms with van der Waals surface area (Å²) in [6.07, 6.45) is 7.39. The molecule has 4 heteroatoms. The summed E-state index contributed by atoms with van der Waals surface area (Å²) in [7, 11) is 1.61. The van der Waals surface area contributed by atoms with Crippen LogP contribution in [0.1, 0.15) is 44.9 Å². The molecule has 1 saturated carbocycles. The van der Waals surface area contributed by atoms with Gasteiger partial charge in [-0.25, -0.2) is 0 Å². The van der Waals surface area contributed by atoms with Gasteiger partial charge in [0.05, 0.1) is 12.6 Å². The topological polar surface area (TPSA) is 58.6 Å². The number of amides is 1. The van der Waals surface area contributed by atoms with Crippen LogP contribution in [-0.4, -0.2) is 37.4 Å². The first kappa shape index (κ1) is 14.5.